The van der Waals surface area contributed by atoms with Crippen LogP contribution in [0.4, 0.5) is 10.5 Å². The van der Waals surface area contributed by atoms with Gasteiger partial charge in [-0.15, -0.1) is 0 Å². The fourth-order valence-electron chi connectivity index (χ4n) is 3.58. The van der Waals surface area contributed by atoms with E-state index in [0.29, 0.717) is 38.0 Å². The van der Waals surface area contributed by atoms with Gasteiger partial charge in [-0.2, -0.15) is 0 Å². The van der Waals surface area contributed by atoms with Crippen LogP contribution in [-0.2, 0) is 9.59 Å². The molecule has 0 aromatic heterocycles. The minimum atomic E-state index is -0.402. The summed E-state index contributed by atoms with van der Waals surface area (Å²) in [5.41, 5.74) is 2.19. The molecule has 0 atom stereocenters. The van der Waals surface area contributed by atoms with Gasteiger partial charge in [0.15, 0.2) is 18.1 Å². The Hall–Kier alpha value is -3.47. The van der Waals surface area contributed by atoms with Gasteiger partial charge in [-0.25, -0.2) is 0 Å². The fourth-order valence-corrected chi connectivity index (χ4v) is 5.21. The highest BCUT2D eigenvalue weighted by molar-refractivity contribution is 9.10. The van der Waals surface area contributed by atoms with Gasteiger partial charge < -0.3 is 19.5 Å². The number of amides is 3. The van der Waals surface area contributed by atoms with Gasteiger partial charge >= 0.3 is 0 Å². The number of carbonyl (C=O) groups excluding carboxylic acids is 3. The molecule has 3 amide bonds. The normalized spacial score (nSPS) is 14.1. The Morgan fingerprint density at radius 3 is 2.56 bits per heavy atom. The molecule has 0 bridgehead atoms. The Morgan fingerprint density at radius 2 is 1.85 bits per heavy atom. The maximum absolute atomic E-state index is 12.9. The zero-order chi connectivity index (χ0) is 27.9. The molecule has 8 nitrogen and oxygen atoms in total. The SMILES string of the molecule is COc1cc(/C=C2\SC(=O)N(CCOc3ccc(C)cc3)C2=O)cc(Br)c1OCC(=O)Nc1ccccc1Cl. The topological polar surface area (TPSA) is 94.2 Å². The molecule has 1 heterocycles. The zero-order valence-electron chi connectivity index (χ0n) is 21.0. The van der Waals surface area contributed by atoms with E-state index in [1.54, 1.807) is 42.5 Å². The summed E-state index contributed by atoms with van der Waals surface area (Å²) in [5.74, 6) is 0.520. The van der Waals surface area contributed by atoms with Crippen LogP contribution in [0.1, 0.15) is 11.1 Å². The summed E-state index contributed by atoms with van der Waals surface area (Å²) in [6.07, 6.45) is 1.60. The Labute approximate surface area is 243 Å². The quantitative estimate of drug-likeness (QED) is 0.254. The number of rotatable bonds is 10. The highest BCUT2D eigenvalue weighted by Gasteiger charge is 2.35. The minimum absolute atomic E-state index is 0.131. The largest absolute Gasteiger partial charge is 0.493 e. The Morgan fingerprint density at radius 1 is 1.10 bits per heavy atom. The summed E-state index contributed by atoms with van der Waals surface area (Å²) in [5, 5.41) is 2.74. The average Bonchev–Trinajstić information content (AvgIpc) is 3.17. The number of nitrogens with zero attached hydrogens (tertiary/aromatic N) is 1. The molecular formula is C28H24BrClN2O6S. The van der Waals surface area contributed by atoms with Crippen molar-refractivity contribution in [2.75, 3.05) is 32.2 Å². The maximum atomic E-state index is 12.9. The molecular weight excluding hydrogens is 608 g/mol. The number of hydrogen-bond acceptors (Lipinski definition) is 7. The number of nitrogens with one attached hydrogen (secondary N) is 1. The molecule has 0 radical (unpaired) electrons. The van der Waals surface area contributed by atoms with Crippen LogP contribution in [-0.4, -0.2) is 48.8 Å². The second-order valence-corrected chi connectivity index (χ2v) is 10.6. The molecule has 3 aromatic rings. The first kappa shape index (κ1) is 28.5. The van der Waals surface area contributed by atoms with Gasteiger partial charge in [0.05, 0.1) is 33.7 Å². The number of benzene rings is 3. The monoisotopic (exact) mass is 630 g/mol. The number of imide groups is 1. The van der Waals surface area contributed by atoms with Crippen LogP contribution < -0.4 is 19.5 Å². The van der Waals surface area contributed by atoms with Crippen LogP contribution in [0.3, 0.4) is 0 Å². The third-order valence-electron chi connectivity index (χ3n) is 5.52. The first-order chi connectivity index (χ1) is 18.7. The van der Waals surface area contributed by atoms with Crippen molar-refractivity contribution in [1.29, 1.82) is 0 Å². The number of methoxy groups -OCH3 is 1. The Bertz CT molecular complexity index is 1430. The highest BCUT2D eigenvalue weighted by atomic mass is 79.9. The van der Waals surface area contributed by atoms with Gasteiger partial charge in [-0.05, 0) is 82.7 Å². The summed E-state index contributed by atoms with van der Waals surface area (Å²) in [6, 6.07) is 17.8. The molecule has 1 saturated heterocycles. The van der Waals surface area contributed by atoms with Crippen LogP contribution in [0.15, 0.2) is 70.0 Å². The Balaban J connectivity index is 1.39. The maximum Gasteiger partial charge on any atom is 0.293 e. The molecule has 0 unspecified atom stereocenters. The second kappa shape index (κ2) is 13.1. The molecule has 1 fully saturated rings. The third kappa shape index (κ3) is 7.35. The highest BCUT2D eigenvalue weighted by Crippen LogP contribution is 2.39. The lowest BCUT2D eigenvalue weighted by Crippen LogP contribution is -2.32. The molecule has 1 N–H and O–H groups in total. The number of para-hydroxylation sites is 1. The van der Waals surface area contributed by atoms with Crippen LogP contribution in [0.2, 0.25) is 5.02 Å². The van der Waals surface area contributed by atoms with Crippen molar-refractivity contribution < 1.29 is 28.6 Å². The number of hydrogen-bond donors (Lipinski definition) is 1. The Kier molecular flexibility index (Phi) is 9.55. The molecule has 1 aliphatic rings. The van der Waals surface area contributed by atoms with Crippen LogP contribution >= 0.6 is 39.3 Å². The smallest absolute Gasteiger partial charge is 0.293 e. The molecule has 0 saturated carbocycles. The molecule has 39 heavy (non-hydrogen) atoms. The van der Waals surface area contributed by atoms with Gasteiger partial charge in [0, 0.05) is 0 Å². The molecule has 4 rings (SSSR count). The van der Waals surface area contributed by atoms with E-state index in [9.17, 15) is 14.4 Å². The molecule has 1 aliphatic heterocycles. The van der Waals surface area contributed by atoms with E-state index < -0.39 is 11.8 Å². The van der Waals surface area contributed by atoms with Gasteiger partial charge in [0.25, 0.3) is 17.1 Å². The third-order valence-corrected chi connectivity index (χ3v) is 7.35. The van der Waals surface area contributed by atoms with E-state index in [-0.39, 0.29) is 29.9 Å². The molecule has 202 valence electrons. The van der Waals surface area contributed by atoms with Crippen molar-refractivity contribution in [3.8, 4) is 17.2 Å². The van der Waals surface area contributed by atoms with Crippen LogP contribution in [0, 0.1) is 6.92 Å². The molecule has 11 heteroatoms. The standard InChI is InChI=1S/C28H24BrClN2O6S/c1-17-7-9-19(10-8-17)37-12-11-32-27(34)24(39-28(32)35)15-18-13-20(29)26(23(14-18)36-2)38-16-25(33)31-22-6-4-3-5-21(22)30/h3-10,13-15H,11-12,16H2,1-2H3,(H,31,33)/b24-15-. The van der Waals surface area contributed by atoms with Crippen LogP contribution in [0.25, 0.3) is 6.08 Å². The summed E-state index contributed by atoms with van der Waals surface area (Å²) in [6.45, 7) is 2.01. The lowest BCUT2D eigenvalue weighted by molar-refractivity contribution is -0.123. The van der Waals surface area contributed by atoms with E-state index in [2.05, 4.69) is 21.2 Å². The van der Waals surface area contributed by atoms with Gasteiger partial charge in [-0.3, -0.25) is 19.3 Å². The predicted octanol–water partition coefficient (Wildman–Crippen LogP) is 6.55. The summed E-state index contributed by atoms with van der Waals surface area (Å²) < 4.78 is 17.3. The zero-order valence-corrected chi connectivity index (χ0v) is 24.2. The van der Waals surface area contributed by atoms with Crippen molar-refractivity contribution in [3.05, 3.63) is 86.2 Å². The lowest BCUT2D eigenvalue weighted by Gasteiger charge is -2.14. The number of aryl methyl sites for hydroxylation is 1. The van der Waals surface area contributed by atoms with E-state index in [1.807, 2.05) is 31.2 Å². The van der Waals surface area contributed by atoms with Gasteiger partial charge in [0.1, 0.15) is 12.4 Å². The number of anilines is 1. The summed E-state index contributed by atoms with van der Waals surface area (Å²) in [7, 11) is 1.46. The number of thioether (sulfide) groups is 1. The van der Waals surface area contributed by atoms with E-state index in [1.165, 1.54) is 7.11 Å². The first-order valence-corrected chi connectivity index (χ1v) is 13.7. The molecule has 3 aromatic carbocycles. The van der Waals surface area contributed by atoms with Crippen molar-refractivity contribution >= 4 is 68.1 Å². The summed E-state index contributed by atoms with van der Waals surface area (Å²) in [4.78, 5) is 39.2. The number of carbonyl (C=O) groups is 3. The van der Waals surface area contributed by atoms with Gasteiger partial charge in [0.2, 0.25) is 0 Å². The second-order valence-electron chi connectivity index (χ2n) is 8.35. The number of ether oxygens (including phenoxy) is 3. The van der Waals surface area contributed by atoms with Crippen molar-refractivity contribution in [1.82, 2.24) is 4.90 Å². The fraction of sp³-hybridized carbons (Fsp3) is 0.179. The molecule has 0 spiro atoms. The van der Waals surface area contributed by atoms with Crippen molar-refractivity contribution in [3.63, 3.8) is 0 Å². The lowest BCUT2D eigenvalue weighted by atomic mass is 10.2. The van der Waals surface area contributed by atoms with Gasteiger partial charge in [-0.1, -0.05) is 41.4 Å². The van der Waals surface area contributed by atoms with E-state index in [4.69, 9.17) is 25.8 Å². The average molecular weight is 632 g/mol. The van der Waals surface area contributed by atoms with E-state index >= 15 is 0 Å². The van der Waals surface area contributed by atoms with Crippen molar-refractivity contribution in [2.24, 2.45) is 0 Å². The van der Waals surface area contributed by atoms with E-state index in [0.717, 1.165) is 22.2 Å². The minimum Gasteiger partial charge on any atom is -0.493 e. The number of halogens is 2. The molecule has 0 aliphatic carbocycles. The summed E-state index contributed by atoms with van der Waals surface area (Å²) >= 11 is 10.4. The predicted molar refractivity (Wildman–Crippen MR) is 156 cm³/mol. The van der Waals surface area contributed by atoms with Crippen molar-refractivity contribution in [2.45, 2.75) is 6.92 Å². The van der Waals surface area contributed by atoms with Crippen LogP contribution in [0.5, 0.6) is 17.2 Å². The first-order valence-electron chi connectivity index (χ1n) is 11.7.